The van der Waals surface area contributed by atoms with Crippen molar-refractivity contribution in [2.75, 3.05) is 27.3 Å². The van der Waals surface area contributed by atoms with Crippen LogP contribution in [-0.2, 0) is 4.79 Å². The van der Waals surface area contributed by atoms with Gasteiger partial charge in [0, 0.05) is 24.2 Å². The second kappa shape index (κ2) is 10.2. The first-order valence-electron chi connectivity index (χ1n) is 12.2. The summed E-state index contributed by atoms with van der Waals surface area (Å²) < 4.78 is 52.6. The van der Waals surface area contributed by atoms with Gasteiger partial charge >= 0.3 is 6.36 Å². The lowest BCUT2D eigenvalue weighted by Gasteiger charge is -2.35. The Morgan fingerprint density at radius 3 is 2.29 bits per heavy atom. The van der Waals surface area contributed by atoms with E-state index in [0.29, 0.717) is 48.7 Å². The van der Waals surface area contributed by atoms with Gasteiger partial charge in [-0.25, -0.2) is 5.01 Å². The smallest absolute Gasteiger partial charge is 0.493 e. The predicted molar refractivity (Wildman–Crippen MR) is 133 cm³/mol. The largest absolute Gasteiger partial charge is 0.573 e. The van der Waals surface area contributed by atoms with Crippen molar-refractivity contribution in [3.8, 4) is 17.2 Å². The summed E-state index contributed by atoms with van der Waals surface area (Å²) in [5.41, 5.74) is 1.18. The number of hydrogen-bond donors (Lipinski definition) is 0. The molecule has 0 unspecified atom stereocenters. The lowest BCUT2D eigenvalue weighted by molar-refractivity contribution is -0.274. The SMILES string of the molecule is COc1ccc(C2=NN(C3CCN(C(=O)c4cc(OC(F)(F)F)ccc4C)CC3)C(=O)C2(C)C)cc1OC. The molecule has 0 radical (unpaired) electrons. The zero-order chi connectivity index (χ0) is 27.8. The van der Waals surface area contributed by atoms with E-state index in [1.807, 2.05) is 19.9 Å². The number of amides is 2. The molecule has 2 aromatic rings. The standard InChI is InChI=1S/C27H30F3N3O5/c1-16-6-8-19(38-27(28,29)30)15-20(16)24(34)32-12-10-18(11-13-32)33-25(35)26(2,3)23(31-33)17-7-9-21(36-4)22(14-17)37-5/h6-9,14-15,18H,10-13H2,1-5H3. The van der Waals surface area contributed by atoms with Crippen molar-refractivity contribution < 1.29 is 37.0 Å². The Kier molecular flexibility index (Phi) is 7.31. The van der Waals surface area contributed by atoms with Gasteiger partial charge in [0.15, 0.2) is 11.5 Å². The number of methoxy groups -OCH3 is 2. The number of aryl methyl sites for hydroxylation is 1. The highest BCUT2D eigenvalue weighted by atomic mass is 19.4. The van der Waals surface area contributed by atoms with Gasteiger partial charge in [0.2, 0.25) is 0 Å². The number of carbonyl (C=O) groups is 2. The number of rotatable bonds is 6. The van der Waals surface area contributed by atoms with Crippen LogP contribution in [-0.4, -0.2) is 67.1 Å². The maximum atomic E-state index is 13.4. The third kappa shape index (κ3) is 5.27. The van der Waals surface area contributed by atoms with Gasteiger partial charge in [0.05, 0.1) is 31.4 Å². The maximum Gasteiger partial charge on any atom is 0.573 e. The summed E-state index contributed by atoms with van der Waals surface area (Å²) in [6.45, 7) is 5.97. The number of piperidine rings is 1. The van der Waals surface area contributed by atoms with Crippen LogP contribution in [0.4, 0.5) is 13.2 Å². The van der Waals surface area contributed by atoms with Crippen molar-refractivity contribution in [2.24, 2.45) is 10.5 Å². The zero-order valence-corrected chi connectivity index (χ0v) is 21.9. The fourth-order valence-electron chi connectivity index (χ4n) is 4.83. The molecule has 8 nitrogen and oxygen atoms in total. The van der Waals surface area contributed by atoms with Crippen LogP contribution in [0.1, 0.15) is 48.2 Å². The van der Waals surface area contributed by atoms with Gasteiger partial charge in [-0.1, -0.05) is 6.07 Å². The molecule has 4 rings (SSSR count). The second-order valence-electron chi connectivity index (χ2n) is 9.84. The van der Waals surface area contributed by atoms with Crippen molar-refractivity contribution in [2.45, 2.75) is 46.0 Å². The summed E-state index contributed by atoms with van der Waals surface area (Å²) in [5.74, 6) is 0.138. The molecular formula is C27H30F3N3O5. The minimum absolute atomic E-state index is 0.139. The molecule has 2 amide bonds. The fraction of sp³-hybridized carbons (Fsp3) is 0.444. The normalized spacial score (nSPS) is 17.9. The van der Waals surface area contributed by atoms with Gasteiger partial charge in [-0.15, -0.1) is 13.2 Å². The molecule has 0 N–H and O–H groups in total. The predicted octanol–water partition coefficient (Wildman–Crippen LogP) is 4.79. The van der Waals surface area contributed by atoms with Crippen molar-refractivity contribution in [1.29, 1.82) is 0 Å². The average Bonchev–Trinajstić information content (AvgIpc) is 3.12. The monoisotopic (exact) mass is 533 g/mol. The molecule has 0 atom stereocenters. The van der Waals surface area contributed by atoms with Crippen molar-refractivity contribution in [3.05, 3.63) is 53.1 Å². The van der Waals surface area contributed by atoms with Crippen LogP contribution in [0.3, 0.4) is 0 Å². The van der Waals surface area contributed by atoms with E-state index in [1.165, 1.54) is 24.3 Å². The highest BCUT2D eigenvalue weighted by Crippen LogP contribution is 2.38. The minimum atomic E-state index is -4.85. The van der Waals surface area contributed by atoms with Crippen LogP contribution >= 0.6 is 0 Å². The number of likely N-dealkylation sites (tertiary alicyclic amines) is 1. The van der Waals surface area contributed by atoms with E-state index in [-0.39, 0.29) is 23.4 Å². The molecule has 1 fully saturated rings. The first-order chi connectivity index (χ1) is 17.9. The van der Waals surface area contributed by atoms with Gasteiger partial charge < -0.3 is 19.1 Å². The Bertz CT molecular complexity index is 1270. The number of ether oxygens (including phenoxy) is 3. The number of carbonyl (C=O) groups excluding carboxylic acids is 2. The molecule has 2 aliphatic heterocycles. The van der Waals surface area contributed by atoms with Crippen molar-refractivity contribution >= 4 is 17.5 Å². The molecule has 1 saturated heterocycles. The molecule has 2 aliphatic rings. The molecule has 2 heterocycles. The van der Waals surface area contributed by atoms with Gasteiger partial charge in [-0.3, -0.25) is 9.59 Å². The maximum absolute atomic E-state index is 13.4. The number of hydrogen-bond acceptors (Lipinski definition) is 6. The number of hydrazone groups is 1. The van der Waals surface area contributed by atoms with E-state index in [0.717, 1.165) is 11.6 Å². The summed E-state index contributed by atoms with van der Waals surface area (Å²) in [7, 11) is 3.09. The summed E-state index contributed by atoms with van der Waals surface area (Å²) in [5, 5.41) is 6.22. The second-order valence-corrected chi connectivity index (χ2v) is 9.84. The highest BCUT2D eigenvalue weighted by Gasteiger charge is 2.47. The van der Waals surface area contributed by atoms with Crippen LogP contribution in [0, 0.1) is 12.3 Å². The van der Waals surface area contributed by atoms with Crippen molar-refractivity contribution in [3.63, 3.8) is 0 Å². The van der Waals surface area contributed by atoms with Crippen LogP contribution in [0.2, 0.25) is 0 Å². The first kappa shape index (κ1) is 27.3. The molecule has 0 aliphatic carbocycles. The third-order valence-corrected chi connectivity index (χ3v) is 6.97. The number of nitrogens with zero attached hydrogens (tertiary/aromatic N) is 3. The van der Waals surface area contributed by atoms with Gasteiger partial charge in [-0.2, -0.15) is 5.10 Å². The number of halogens is 3. The van der Waals surface area contributed by atoms with E-state index in [9.17, 15) is 22.8 Å². The van der Waals surface area contributed by atoms with Crippen LogP contribution in [0.5, 0.6) is 17.2 Å². The lowest BCUT2D eigenvalue weighted by atomic mass is 9.83. The van der Waals surface area contributed by atoms with E-state index >= 15 is 0 Å². The Morgan fingerprint density at radius 1 is 1.03 bits per heavy atom. The number of alkyl halides is 3. The van der Waals surface area contributed by atoms with Gasteiger partial charge in [-0.05, 0) is 69.5 Å². The molecule has 0 bridgehead atoms. The van der Waals surface area contributed by atoms with E-state index < -0.39 is 17.5 Å². The van der Waals surface area contributed by atoms with Crippen LogP contribution < -0.4 is 14.2 Å². The zero-order valence-electron chi connectivity index (χ0n) is 21.9. The van der Waals surface area contributed by atoms with E-state index in [2.05, 4.69) is 4.74 Å². The Morgan fingerprint density at radius 2 is 1.68 bits per heavy atom. The van der Waals surface area contributed by atoms with Crippen LogP contribution in [0.25, 0.3) is 0 Å². The van der Waals surface area contributed by atoms with E-state index in [4.69, 9.17) is 14.6 Å². The molecule has 0 spiro atoms. The molecule has 2 aromatic carbocycles. The van der Waals surface area contributed by atoms with Crippen LogP contribution in [0.15, 0.2) is 41.5 Å². The Balaban J connectivity index is 1.49. The lowest BCUT2D eigenvalue weighted by Crippen LogP contribution is -2.47. The van der Waals surface area contributed by atoms with Crippen molar-refractivity contribution in [1.82, 2.24) is 9.91 Å². The Hall–Kier alpha value is -3.76. The van der Waals surface area contributed by atoms with Gasteiger partial charge in [0.25, 0.3) is 11.8 Å². The highest BCUT2D eigenvalue weighted by molar-refractivity contribution is 6.19. The fourth-order valence-corrected chi connectivity index (χ4v) is 4.83. The molecule has 0 saturated carbocycles. The molecule has 0 aromatic heterocycles. The summed E-state index contributed by atoms with van der Waals surface area (Å²) in [6.07, 6.45) is -3.89. The molecular weight excluding hydrogens is 503 g/mol. The summed E-state index contributed by atoms with van der Waals surface area (Å²) >= 11 is 0. The Labute approximate surface area is 218 Å². The minimum Gasteiger partial charge on any atom is -0.493 e. The average molecular weight is 534 g/mol. The summed E-state index contributed by atoms with van der Waals surface area (Å²) in [4.78, 5) is 28.1. The van der Waals surface area contributed by atoms with Gasteiger partial charge in [0.1, 0.15) is 5.75 Å². The number of benzene rings is 2. The third-order valence-electron chi connectivity index (χ3n) is 6.97. The topological polar surface area (TPSA) is 80.7 Å². The summed E-state index contributed by atoms with van der Waals surface area (Å²) in [6, 6.07) is 8.89. The molecule has 11 heteroatoms. The first-order valence-corrected chi connectivity index (χ1v) is 12.2. The quantitative estimate of drug-likeness (QED) is 0.534. The molecule has 204 valence electrons. The van der Waals surface area contributed by atoms with E-state index in [1.54, 1.807) is 31.1 Å². The molecule has 38 heavy (non-hydrogen) atoms.